The molecule has 0 aliphatic rings. The first-order valence-electron chi connectivity index (χ1n) is 5.86. The lowest BCUT2D eigenvalue weighted by atomic mass is 10.3. The molecule has 0 unspecified atom stereocenters. The van der Waals surface area contributed by atoms with Gasteiger partial charge < -0.3 is 10.3 Å². The summed E-state index contributed by atoms with van der Waals surface area (Å²) in [7, 11) is 0. The van der Waals surface area contributed by atoms with E-state index < -0.39 is 0 Å². The molecule has 9 heteroatoms. The molecular weight excluding hydrogens is 302 g/mol. The van der Waals surface area contributed by atoms with Gasteiger partial charge in [0.25, 0.3) is 0 Å². The number of hydrogen-bond donors (Lipinski definition) is 2. The average Bonchev–Trinajstić information content (AvgIpc) is 2.82. The van der Waals surface area contributed by atoms with Gasteiger partial charge >= 0.3 is 0 Å². The molecule has 0 radical (unpaired) electrons. The lowest BCUT2D eigenvalue weighted by Crippen LogP contribution is -2.13. The fourth-order valence-electron chi connectivity index (χ4n) is 1.54. The third-order valence-corrected chi connectivity index (χ3v) is 3.43. The molecule has 0 saturated carbocycles. The second-order valence-corrected chi connectivity index (χ2v) is 5.54. The van der Waals surface area contributed by atoms with E-state index in [9.17, 15) is 9.59 Å². The summed E-state index contributed by atoms with van der Waals surface area (Å²) >= 11 is 6.97. The van der Waals surface area contributed by atoms with E-state index in [2.05, 4.69) is 25.3 Å². The molecule has 106 valence electrons. The average molecular weight is 314 g/mol. The normalized spacial score (nSPS) is 10.7. The largest absolute Gasteiger partial charge is 0.329 e. The number of hydrogen-bond acceptors (Lipinski definition) is 6. The van der Waals surface area contributed by atoms with Crippen LogP contribution < -0.4 is 5.32 Å². The minimum Gasteiger partial charge on any atom is -0.329 e. The summed E-state index contributed by atoms with van der Waals surface area (Å²) in [6, 6.07) is 0. The fraction of sp³-hybridized carbons (Fsp3) is 0.364. The number of amides is 1. The zero-order valence-corrected chi connectivity index (χ0v) is 12.2. The summed E-state index contributed by atoms with van der Waals surface area (Å²) in [5.74, 6) is 0.698. The molecule has 7 nitrogen and oxygen atoms in total. The van der Waals surface area contributed by atoms with Crippen molar-refractivity contribution in [2.45, 2.75) is 19.8 Å². The minimum absolute atomic E-state index is 0.0317. The number of carbonyl (C=O) groups is 2. The Balaban J connectivity index is 1.96. The van der Waals surface area contributed by atoms with Crippen molar-refractivity contribution in [2.75, 3.05) is 11.1 Å². The number of anilines is 1. The van der Waals surface area contributed by atoms with Crippen LogP contribution in [0.3, 0.4) is 0 Å². The second kappa shape index (κ2) is 6.67. The summed E-state index contributed by atoms with van der Waals surface area (Å²) in [4.78, 5) is 37.3. The van der Waals surface area contributed by atoms with Crippen molar-refractivity contribution in [3.8, 4) is 0 Å². The van der Waals surface area contributed by atoms with Crippen molar-refractivity contribution in [3.05, 3.63) is 11.6 Å². The van der Waals surface area contributed by atoms with Gasteiger partial charge in [-0.2, -0.15) is 9.97 Å². The van der Waals surface area contributed by atoms with Gasteiger partial charge in [0.1, 0.15) is 0 Å². The van der Waals surface area contributed by atoms with Crippen LogP contribution in [0.25, 0.3) is 11.2 Å². The number of thioether (sulfide) groups is 1. The minimum atomic E-state index is -0.201. The van der Waals surface area contributed by atoms with Crippen molar-refractivity contribution < 1.29 is 9.59 Å². The van der Waals surface area contributed by atoms with E-state index in [4.69, 9.17) is 11.6 Å². The predicted octanol–water partition coefficient (Wildman–Crippen LogP) is 2.00. The zero-order valence-electron chi connectivity index (χ0n) is 10.6. The Bertz CT molecular complexity index is 645. The number of aromatic amines is 1. The van der Waals surface area contributed by atoms with Crippen LogP contribution in [0.2, 0.25) is 5.28 Å². The topological polar surface area (TPSA) is 101 Å². The van der Waals surface area contributed by atoms with E-state index in [1.165, 1.54) is 25.0 Å². The zero-order chi connectivity index (χ0) is 14.5. The summed E-state index contributed by atoms with van der Waals surface area (Å²) in [6.07, 6.45) is 2.36. The van der Waals surface area contributed by atoms with Gasteiger partial charge in [0.05, 0.1) is 6.33 Å². The van der Waals surface area contributed by atoms with Crippen molar-refractivity contribution in [3.63, 3.8) is 0 Å². The van der Waals surface area contributed by atoms with E-state index in [-0.39, 0.29) is 22.1 Å². The number of imidazole rings is 1. The third kappa shape index (κ3) is 3.91. The molecule has 0 saturated heterocycles. The molecule has 2 N–H and O–H groups in total. The number of H-pyrrole nitrogens is 1. The molecule has 0 spiro atoms. The Kier molecular flexibility index (Phi) is 4.91. The van der Waals surface area contributed by atoms with Crippen molar-refractivity contribution in [1.29, 1.82) is 0 Å². The van der Waals surface area contributed by atoms with Crippen LogP contribution in [0.1, 0.15) is 19.8 Å². The van der Waals surface area contributed by atoms with Crippen LogP contribution >= 0.6 is 23.4 Å². The number of carbonyl (C=O) groups excluding carboxylic acids is 2. The molecule has 0 atom stereocenters. The molecule has 2 aromatic heterocycles. The summed E-state index contributed by atoms with van der Waals surface area (Å²) in [6.45, 7) is 1.50. The van der Waals surface area contributed by atoms with Gasteiger partial charge in [0, 0.05) is 19.1 Å². The standard InChI is InChI=1S/C11H12ClN5O2S/c1-6(18)20-4-2-3-7(19)15-10-8-9(14-5-13-8)16-11(12)17-10/h5H,2-4H2,1H3,(H2,13,14,15,16,17,19). The number of fused-ring (bicyclic) bond motifs is 1. The second-order valence-electron chi connectivity index (χ2n) is 3.93. The van der Waals surface area contributed by atoms with Gasteiger partial charge in [-0.3, -0.25) is 9.59 Å². The molecular formula is C11H12ClN5O2S. The van der Waals surface area contributed by atoms with Crippen LogP contribution in [-0.4, -0.2) is 36.7 Å². The van der Waals surface area contributed by atoms with E-state index >= 15 is 0 Å². The van der Waals surface area contributed by atoms with Crippen LogP contribution in [-0.2, 0) is 9.59 Å². The number of halogens is 1. The van der Waals surface area contributed by atoms with E-state index in [1.54, 1.807) is 0 Å². The summed E-state index contributed by atoms with van der Waals surface area (Å²) in [5, 5.41) is 2.73. The Morgan fingerprint density at radius 3 is 3.00 bits per heavy atom. The Hall–Kier alpha value is -1.67. The summed E-state index contributed by atoms with van der Waals surface area (Å²) < 4.78 is 0. The first-order chi connectivity index (χ1) is 9.56. The highest BCUT2D eigenvalue weighted by molar-refractivity contribution is 8.13. The Labute approximate surface area is 123 Å². The molecule has 0 aliphatic carbocycles. The first-order valence-corrected chi connectivity index (χ1v) is 7.22. The molecule has 0 aliphatic heterocycles. The first kappa shape index (κ1) is 14.7. The quantitative estimate of drug-likeness (QED) is 0.647. The SMILES string of the molecule is CC(=O)SCCCC(=O)Nc1nc(Cl)nc2[nH]cnc12. The van der Waals surface area contributed by atoms with Crippen molar-refractivity contribution in [2.24, 2.45) is 0 Å². The number of nitrogens with zero attached hydrogens (tertiary/aromatic N) is 3. The van der Waals surface area contributed by atoms with Gasteiger partial charge in [-0.1, -0.05) is 11.8 Å². The number of aromatic nitrogens is 4. The number of rotatable bonds is 5. The molecule has 0 aromatic carbocycles. The maximum Gasteiger partial charge on any atom is 0.226 e. The molecule has 0 fully saturated rings. The van der Waals surface area contributed by atoms with Gasteiger partial charge in [0.15, 0.2) is 22.1 Å². The Morgan fingerprint density at radius 1 is 1.45 bits per heavy atom. The maximum absolute atomic E-state index is 11.8. The van der Waals surface area contributed by atoms with Gasteiger partial charge in [0.2, 0.25) is 11.2 Å². The third-order valence-electron chi connectivity index (χ3n) is 2.36. The molecule has 20 heavy (non-hydrogen) atoms. The lowest BCUT2D eigenvalue weighted by Gasteiger charge is -2.04. The van der Waals surface area contributed by atoms with E-state index in [0.717, 1.165) is 0 Å². The van der Waals surface area contributed by atoms with Crippen LogP contribution in [0, 0.1) is 0 Å². The predicted molar refractivity (Wildman–Crippen MR) is 77.7 cm³/mol. The molecule has 2 heterocycles. The molecule has 2 rings (SSSR count). The van der Waals surface area contributed by atoms with Crippen molar-refractivity contribution in [1.82, 2.24) is 19.9 Å². The van der Waals surface area contributed by atoms with Gasteiger partial charge in [-0.15, -0.1) is 0 Å². The monoisotopic (exact) mass is 313 g/mol. The van der Waals surface area contributed by atoms with Crippen molar-refractivity contribution >= 4 is 51.4 Å². The Morgan fingerprint density at radius 2 is 2.25 bits per heavy atom. The van der Waals surface area contributed by atoms with E-state index in [0.29, 0.717) is 29.8 Å². The van der Waals surface area contributed by atoms with Crippen LogP contribution in [0.15, 0.2) is 6.33 Å². The summed E-state index contributed by atoms with van der Waals surface area (Å²) in [5.41, 5.74) is 0.924. The highest BCUT2D eigenvalue weighted by Crippen LogP contribution is 2.18. The molecule has 2 aromatic rings. The lowest BCUT2D eigenvalue weighted by molar-refractivity contribution is -0.116. The highest BCUT2D eigenvalue weighted by atomic mass is 35.5. The highest BCUT2D eigenvalue weighted by Gasteiger charge is 2.12. The molecule has 0 bridgehead atoms. The smallest absolute Gasteiger partial charge is 0.226 e. The van der Waals surface area contributed by atoms with Gasteiger partial charge in [-0.05, 0) is 18.0 Å². The number of nitrogens with one attached hydrogen (secondary N) is 2. The maximum atomic E-state index is 11.8. The molecule has 1 amide bonds. The van der Waals surface area contributed by atoms with Crippen LogP contribution in [0.4, 0.5) is 5.82 Å². The fourth-order valence-corrected chi connectivity index (χ4v) is 2.28. The van der Waals surface area contributed by atoms with E-state index in [1.807, 2.05) is 0 Å². The van der Waals surface area contributed by atoms with Crippen LogP contribution in [0.5, 0.6) is 0 Å². The van der Waals surface area contributed by atoms with Gasteiger partial charge in [-0.25, -0.2) is 4.98 Å².